The Morgan fingerprint density at radius 3 is 2.88 bits per heavy atom. The van der Waals surface area contributed by atoms with Crippen LogP contribution in [-0.2, 0) is 0 Å². The van der Waals surface area contributed by atoms with E-state index in [2.05, 4.69) is 38.0 Å². The van der Waals surface area contributed by atoms with Gasteiger partial charge in [-0.1, -0.05) is 6.92 Å². The zero-order chi connectivity index (χ0) is 12.4. The standard InChI is InChI=1S/C14H24N2O/c1-10-9-16(4)11(2)8-13(10)15-12(3)14-6-5-7-17-14/h5-7,10-13,15H,8-9H2,1-4H3/t10?,11?,12-,13?/m0/s1. The predicted molar refractivity (Wildman–Crippen MR) is 69.9 cm³/mol. The van der Waals surface area contributed by atoms with Gasteiger partial charge in [0.1, 0.15) is 5.76 Å². The average Bonchev–Trinajstić information content (AvgIpc) is 2.79. The molecule has 0 bridgehead atoms. The van der Waals surface area contributed by atoms with Crippen LogP contribution in [0.2, 0.25) is 0 Å². The van der Waals surface area contributed by atoms with Crippen LogP contribution in [-0.4, -0.2) is 30.6 Å². The highest BCUT2D eigenvalue weighted by Gasteiger charge is 2.29. The molecule has 2 rings (SSSR count). The highest BCUT2D eigenvalue weighted by Crippen LogP contribution is 2.23. The Kier molecular flexibility index (Phi) is 3.89. The molecule has 3 nitrogen and oxygen atoms in total. The Hall–Kier alpha value is -0.800. The molecule has 1 N–H and O–H groups in total. The molecule has 0 aliphatic carbocycles. The van der Waals surface area contributed by atoms with Gasteiger partial charge in [-0.05, 0) is 45.4 Å². The molecule has 4 atom stereocenters. The van der Waals surface area contributed by atoms with Crippen molar-refractivity contribution in [2.24, 2.45) is 5.92 Å². The number of rotatable bonds is 3. The van der Waals surface area contributed by atoms with E-state index in [-0.39, 0.29) is 0 Å². The van der Waals surface area contributed by atoms with Gasteiger partial charge in [-0.25, -0.2) is 0 Å². The number of likely N-dealkylation sites (tertiary alicyclic amines) is 1. The zero-order valence-corrected chi connectivity index (χ0v) is 11.3. The number of hydrogen-bond acceptors (Lipinski definition) is 3. The monoisotopic (exact) mass is 236 g/mol. The normalized spacial score (nSPS) is 32.6. The van der Waals surface area contributed by atoms with Crippen molar-refractivity contribution in [3.63, 3.8) is 0 Å². The molecular formula is C14H24N2O. The molecule has 0 spiro atoms. The van der Waals surface area contributed by atoms with Crippen molar-refractivity contribution in [2.45, 2.75) is 45.3 Å². The Balaban J connectivity index is 1.94. The van der Waals surface area contributed by atoms with Gasteiger partial charge in [0.25, 0.3) is 0 Å². The van der Waals surface area contributed by atoms with E-state index in [1.807, 2.05) is 12.1 Å². The topological polar surface area (TPSA) is 28.4 Å². The molecular weight excluding hydrogens is 212 g/mol. The van der Waals surface area contributed by atoms with Crippen molar-refractivity contribution < 1.29 is 4.42 Å². The Labute approximate surface area is 104 Å². The van der Waals surface area contributed by atoms with Gasteiger partial charge >= 0.3 is 0 Å². The van der Waals surface area contributed by atoms with Crippen molar-refractivity contribution in [2.75, 3.05) is 13.6 Å². The summed E-state index contributed by atoms with van der Waals surface area (Å²) in [7, 11) is 2.22. The fourth-order valence-corrected chi connectivity index (χ4v) is 2.71. The quantitative estimate of drug-likeness (QED) is 0.874. The molecule has 96 valence electrons. The number of piperidine rings is 1. The van der Waals surface area contributed by atoms with Gasteiger partial charge in [0.05, 0.1) is 12.3 Å². The largest absolute Gasteiger partial charge is 0.468 e. The third kappa shape index (κ3) is 2.90. The molecule has 1 aromatic rings. The van der Waals surface area contributed by atoms with Crippen LogP contribution >= 0.6 is 0 Å². The van der Waals surface area contributed by atoms with Crippen LogP contribution in [0.15, 0.2) is 22.8 Å². The van der Waals surface area contributed by atoms with E-state index >= 15 is 0 Å². The lowest BCUT2D eigenvalue weighted by Gasteiger charge is -2.41. The van der Waals surface area contributed by atoms with Gasteiger partial charge in [-0.2, -0.15) is 0 Å². The SMILES string of the molecule is CC1CN(C)C(C)CC1N[C@@H](C)c1ccco1. The molecule has 1 saturated heterocycles. The van der Waals surface area contributed by atoms with Crippen LogP contribution in [0, 0.1) is 5.92 Å². The highest BCUT2D eigenvalue weighted by molar-refractivity contribution is 5.04. The zero-order valence-electron chi connectivity index (χ0n) is 11.3. The second-order valence-corrected chi connectivity index (χ2v) is 5.51. The van der Waals surface area contributed by atoms with Crippen LogP contribution in [0.1, 0.15) is 39.0 Å². The molecule has 0 amide bonds. The molecule has 1 aliphatic heterocycles. The minimum absolute atomic E-state index is 0.299. The average molecular weight is 236 g/mol. The fourth-order valence-electron chi connectivity index (χ4n) is 2.71. The number of nitrogens with one attached hydrogen (secondary N) is 1. The van der Waals surface area contributed by atoms with Crippen molar-refractivity contribution in [3.8, 4) is 0 Å². The molecule has 1 fully saturated rings. The maximum atomic E-state index is 5.45. The smallest absolute Gasteiger partial charge is 0.120 e. The summed E-state index contributed by atoms with van der Waals surface area (Å²) in [5, 5.41) is 3.70. The van der Waals surface area contributed by atoms with Crippen molar-refractivity contribution in [3.05, 3.63) is 24.2 Å². The highest BCUT2D eigenvalue weighted by atomic mass is 16.3. The van der Waals surface area contributed by atoms with E-state index < -0.39 is 0 Å². The summed E-state index contributed by atoms with van der Waals surface area (Å²) in [6.45, 7) is 7.98. The van der Waals surface area contributed by atoms with Crippen LogP contribution < -0.4 is 5.32 Å². The molecule has 0 saturated carbocycles. The first-order valence-corrected chi connectivity index (χ1v) is 6.57. The van der Waals surface area contributed by atoms with Gasteiger partial charge in [0.15, 0.2) is 0 Å². The molecule has 0 radical (unpaired) electrons. The van der Waals surface area contributed by atoms with Gasteiger partial charge in [0.2, 0.25) is 0 Å². The van der Waals surface area contributed by atoms with E-state index in [4.69, 9.17) is 4.42 Å². The summed E-state index contributed by atoms with van der Waals surface area (Å²) in [5.74, 6) is 1.72. The summed E-state index contributed by atoms with van der Waals surface area (Å²) in [6.07, 6.45) is 2.96. The van der Waals surface area contributed by atoms with Crippen LogP contribution in [0.25, 0.3) is 0 Å². The first-order valence-electron chi connectivity index (χ1n) is 6.57. The molecule has 1 aromatic heterocycles. The molecule has 2 heterocycles. The second kappa shape index (κ2) is 5.23. The lowest BCUT2D eigenvalue weighted by molar-refractivity contribution is 0.115. The lowest BCUT2D eigenvalue weighted by atomic mass is 9.89. The summed E-state index contributed by atoms with van der Waals surface area (Å²) in [4.78, 5) is 2.44. The van der Waals surface area contributed by atoms with Crippen molar-refractivity contribution in [1.82, 2.24) is 10.2 Å². The molecule has 3 unspecified atom stereocenters. The molecule has 1 aliphatic rings. The second-order valence-electron chi connectivity index (χ2n) is 5.51. The van der Waals surface area contributed by atoms with Gasteiger partial charge < -0.3 is 14.6 Å². The summed E-state index contributed by atoms with van der Waals surface area (Å²) < 4.78 is 5.45. The van der Waals surface area contributed by atoms with E-state index in [9.17, 15) is 0 Å². The van der Waals surface area contributed by atoms with Crippen LogP contribution in [0.5, 0.6) is 0 Å². The first kappa shape index (κ1) is 12.7. The third-order valence-electron chi connectivity index (χ3n) is 4.04. The summed E-state index contributed by atoms with van der Waals surface area (Å²) >= 11 is 0. The lowest BCUT2D eigenvalue weighted by Crippen LogP contribution is -2.51. The van der Waals surface area contributed by atoms with E-state index in [0.29, 0.717) is 24.0 Å². The maximum Gasteiger partial charge on any atom is 0.120 e. The van der Waals surface area contributed by atoms with Crippen LogP contribution in [0.4, 0.5) is 0 Å². The van der Waals surface area contributed by atoms with Gasteiger partial charge in [-0.3, -0.25) is 0 Å². The van der Waals surface area contributed by atoms with E-state index in [0.717, 1.165) is 5.76 Å². The Morgan fingerprint density at radius 1 is 1.47 bits per heavy atom. The molecule has 17 heavy (non-hydrogen) atoms. The van der Waals surface area contributed by atoms with E-state index in [1.165, 1.54) is 13.0 Å². The van der Waals surface area contributed by atoms with Crippen molar-refractivity contribution >= 4 is 0 Å². The predicted octanol–water partition coefficient (Wildman–Crippen LogP) is 2.66. The van der Waals surface area contributed by atoms with Gasteiger partial charge in [-0.15, -0.1) is 0 Å². The molecule has 0 aromatic carbocycles. The fraction of sp³-hybridized carbons (Fsp3) is 0.714. The number of nitrogens with zero attached hydrogens (tertiary/aromatic N) is 1. The summed E-state index contributed by atoms with van der Waals surface area (Å²) in [6, 6.07) is 5.54. The summed E-state index contributed by atoms with van der Waals surface area (Å²) in [5.41, 5.74) is 0. The van der Waals surface area contributed by atoms with Crippen LogP contribution in [0.3, 0.4) is 0 Å². The minimum atomic E-state index is 0.299. The number of hydrogen-bond donors (Lipinski definition) is 1. The number of furan rings is 1. The van der Waals surface area contributed by atoms with Crippen molar-refractivity contribution in [1.29, 1.82) is 0 Å². The third-order valence-corrected chi connectivity index (χ3v) is 4.04. The Morgan fingerprint density at radius 2 is 2.24 bits per heavy atom. The first-order chi connectivity index (χ1) is 8.08. The molecule has 3 heteroatoms. The maximum absolute atomic E-state index is 5.45. The Bertz CT molecular complexity index is 336. The van der Waals surface area contributed by atoms with Gasteiger partial charge in [0, 0.05) is 18.6 Å². The minimum Gasteiger partial charge on any atom is -0.468 e. The van der Waals surface area contributed by atoms with E-state index in [1.54, 1.807) is 6.26 Å².